The van der Waals surface area contributed by atoms with Gasteiger partial charge in [0.2, 0.25) is 11.7 Å². The number of nitrogens with zero attached hydrogens (tertiary/aromatic N) is 2. The smallest absolute Gasteiger partial charge is 0.451 e. The van der Waals surface area contributed by atoms with Crippen molar-refractivity contribution in [2.24, 2.45) is 0 Å². The molecular formula is C13H20F3N3O. The Hall–Kier alpha value is -1.53. The molecule has 1 aromatic rings. The van der Waals surface area contributed by atoms with Crippen LogP contribution in [0.25, 0.3) is 0 Å². The summed E-state index contributed by atoms with van der Waals surface area (Å²) in [5.41, 5.74) is 5.34. The van der Waals surface area contributed by atoms with E-state index in [0.717, 1.165) is 32.1 Å². The van der Waals surface area contributed by atoms with Crippen molar-refractivity contribution in [2.45, 2.75) is 58.2 Å². The quantitative estimate of drug-likeness (QED) is 0.776. The van der Waals surface area contributed by atoms with Crippen molar-refractivity contribution < 1.29 is 17.9 Å². The summed E-state index contributed by atoms with van der Waals surface area (Å²) in [6, 6.07) is 1.21. The van der Waals surface area contributed by atoms with Crippen molar-refractivity contribution in [1.82, 2.24) is 9.97 Å². The SMILES string of the molecule is CCCCCCC(C)Oc1cc(N)nc(C(F)(F)F)n1. The Morgan fingerprint density at radius 2 is 1.95 bits per heavy atom. The highest BCUT2D eigenvalue weighted by Crippen LogP contribution is 2.28. The van der Waals surface area contributed by atoms with Crippen LogP contribution in [0.1, 0.15) is 51.8 Å². The summed E-state index contributed by atoms with van der Waals surface area (Å²) in [5.74, 6) is -1.65. The van der Waals surface area contributed by atoms with Crippen LogP contribution in [0.4, 0.5) is 19.0 Å². The number of rotatable bonds is 7. The van der Waals surface area contributed by atoms with Gasteiger partial charge in [-0.05, 0) is 19.8 Å². The molecular weight excluding hydrogens is 271 g/mol. The normalized spacial score (nSPS) is 13.2. The van der Waals surface area contributed by atoms with Crippen molar-refractivity contribution in [3.63, 3.8) is 0 Å². The number of unbranched alkanes of at least 4 members (excludes halogenated alkanes) is 3. The highest BCUT2D eigenvalue weighted by atomic mass is 19.4. The highest BCUT2D eigenvalue weighted by Gasteiger charge is 2.35. The van der Waals surface area contributed by atoms with Crippen LogP contribution in [0.2, 0.25) is 0 Å². The van der Waals surface area contributed by atoms with E-state index < -0.39 is 12.0 Å². The van der Waals surface area contributed by atoms with E-state index >= 15 is 0 Å². The lowest BCUT2D eigenvalue weighted by molar-refractivity contribution is -0.145. The maximum Gasteiger partial charge on any atom is 0.451 e. The van der Waals surface area contributed by atoms with Gasteiger partial charge in [-0.1, -0.05) is 26.2 Å². The average molecular weight is 291 g/mol. The number of hydrogen-bond donors (Lipinski definition) is 1. The topological polar surface area (TPSA) is 61.0 Å². The molecule has 1 rings (SSSR count). The van der Waals surface area contributed by atoms with Gasteiger partial charge in [-0.25, -0.2) is 4.98 Å². The lowest BCUT2D eigenvalue weighted by Crippen LogP contribution is -2.17. The molecule has 1 aromatic heterocycles. The highest BCUT2D eigenvalue weighted by molar-refractivity contribution is 5.33. The number of nitrogen functional groups attached to an aromatic ring is 1. The van der Waals surface area contributed by atoms with Gasteiger partial charge in [0, 0.05) is 6.07 Å². The fourth-order valence-electron chi connectivity index (χ4n) is 1.75. The molecule has 0 fully saturated rings. The molecule has 0 aliphatic rings. The molecule has 0 bridgehead atoms. The van der Waals surface area contributed by atoms with Crippen LogP contribution in [0.5, 0.6) is 5.88 Å². The molecule has 0 aliphatic carbocycles. The second-order valence-corrected chi connectivity index (χ2v) is 4.73. The second kappa shape index (κ2) is 7.31. The molecule has 1 atom stereocenters. The molecule has 0 spiro atoms. The van der Waals surface area contributed by atoms with Crippen molar-refractivity contribution in [3.8, 4) is 5.88 Å². The van der Waals surface area contributed by atoms with Gasteiger partial charge in [-0.3, -0.25) is 0 Å². The second-order valence-electron chi connectivity index (χ2n) is 4.73. The van der Waals surface area contributed by atoms with Crippen molar-refractivity contribution in [3.05, 3.63) is 11.9 Å². The van der Waals surface area contributed by atoms with Crippen molar-refractivity contribution in [1.29, 1.82) is 0 Å². The van der Waals surface area contributed by atoms with Crippen LogP contribution in [-0.2, 0) is 6.18 Å². The van der Waals surface area contributed by atoms with Gasteiger partial charge in [0.05, 0.1) is 6.10 Å². The van der Waals surface area contributed by atoms with Gasteiger partial charge in [-0.2, -0.15) is 18.2 Å². The van der Waals surface area contributed by atoms with E-state index in [1.807, 2.05) is 0 Å². The lowest BCUT2D eigenvalue weighted by Gasteiger charge is -2.15. The van der Waals surface area contributed by atoms with Crippen molar-refractivity contribution >= 4 is 5.82 Å². The first-order chi connectivity index (χ1) is 9.32. The molecule has 0 radical (unpaired) electrons. The van der Waals surface area contributed by atoms with Gasteiger partial charge in [0.15, 0.2) is 0 Å². The zero-order valence-electron chi connectivity index (χ0n) is 11.7. The van der Waals surface area contributed by atoms with Crippen LogP contribution in [0.3, 0.4) is 0 Å². The Morgan fingerprint density at radius 1 is 1.25 bits per heavy atom. The molecule has 1 heterocycles. The van der Waals surface area contributed by atoms with E-state index in [4.69, 9.17) is 10.5 Å². The Bertz CT molecular complexity index is 424. The molecule has 0 aliphatic heterocycles. The average Bonchev–Trinajstić information content (AvgIpc) is 2.33. The van der Waals surface area contributed by atoms with Gasteiger partial charge in [0.1, 0.15) is 5.82 Å². The fraction of sp³-hybridized carbons (Fsp3) is 0.692. The van der Waals surface area contributed by atoms with E-state index in [1.54, 1.807) is 6.92 Å². The van der Waals surface area contributed by atoms with Crippen LogP contribution >= 0.6 is 0 Å². The fourth-order valence-corrected chi connectivity index (χ4v) is 1.75. The number of aromatic nitrogens is 2. The Morgan fingerprint density at radius 3 is 2.55 bits per heavy atom. The first kappa shape index (κ1) is 16.5. The van der Waals surface area contributed by atoms with E-state index in [-0.39, 0.29) is 17.8 Å². The number of nitrogens with two attached hydrogens (primary N) is 1. The Kier molecular flexibility index (Phi) is 6.04. The molecule has 4 nitrogen and oxygen atoms in total. The van der Waals surface area contributed by atoms with E-state index in [9.17, 15) is 13.2 Å². The first-order valence-corrected chi connectivity index (χ1v) is 6.71. The van der Waals surface area contributed by atoms with Gasteiger partial charge >= 0.3 is 6.18 Å². The lowest BCUT2D eigenvalue weighted by atomic mass is 10.1. The zero-order valence-corrected chi connectivity index (χ0v) is 11.7. The molecule has 114 valence electrons. The molecule has 0 aromatic carbocycles. The zero-order chi connectivity index (χ0) is 15.2. The number of hydrogen-bond acceptors (Lipinski definition) is 4. The molecule has 0 saturated heterocycles. The van der Waals surface area contributed by atoms with Crippen molar-refractivity contribution in [2.75, 3.05) is 5.73 Å². The van der Waals surface area contributed by atoms with Gasteiger partial charge in [-0.15, -0.1) is 0 Å². The predicted octanol–water partition coefficient (Wildman–Crippen LogP) is 3.82. The largest absolute Gasteiger partial charge is 0.475 e. The van der Waals surface area contributed by atoms with Crippen LogP contribution in [0.15, 0.2) is 6.07 Å². The van der Waals surface area contributed by atoms with Gasteiger partial charge in [0.25, 0.3) is 0 Å². The van der Waals surface area contributed by atoms with Gasteiger partial charge < -0.3 is 10.5 Å². The standard InChI is InChI=1S/C13H20F3N3O/c1-3-4-5-6-7-9(2)20-11-8-10(17)18-12(19-11)13(14,15)16/h8-9H,3-7H2,1-2H3,(H2,17,18,19). The first-order valence-electron chi connectivity index (χ1n) is 6.71. The minimum Gasteiger partial charge on any atom is -0.475 e. The summed E-state index contributed by atoms with van der Waals surface area (Å²) >= 11 is 0. The van der Waals surface area contributed by atoms with Crippen LogP contribution < -0.4 is 10.5 Å². The van der Waals surface area contributed by atoms with E-state index in [0.29, 0.717) is 0 Å². The summed E-state index contributed by atoms with van der Waals surface area (Å²) in [7, 11) is 0. The summed E-state index contributed by atoms with van der Waals surface area (Å²) < 4.78 is 43.0. The number of ether oxygens (including phenoxy) is 1. The number of anilines is 1. The molecule has 1 unspecified atom stereocenters. The number of alkyl halides is 3. The third-order valence-electron chi connectivity index (χ3n) is 2.76. The molecule has 0 amide bonds. The summed E-state index contributed by atoms with van der Waals surface area (Å²) in [5, 5.41) is 0. The Balaban J connectivity index is 2.61. The van der Waals surface area contributed by atoms with Crippen LogP contribution in [-0.4, -0.2) is 16.1 Å². The molecule has 2 N–H and O–H groups in total. The third-order valence-corrected chi connectivity index (χ3v) is 2.76. The molecule has 7 heteroatoms. The third kappa shape index (κ3) is 5.63. The predicted molar refractivity (Wildman–Crippen MR) is 70.3 cm³/mol. The molecule has 0 saturated carbocycles. The maximum absolute atomic E-state index is 12.5. The van der Waals surface area contributed by atoms with E-state index in [2.05, 4.69) is 16.9 Å². The summed E-state index contributed by atoms with van der Waals surface area (Å²) in [6.45, 7) is 3.92. The minimum absolute atomic E-state index is 0.132. The Labute approximate surface area is 116 Å². The molecule has 20 heavy (non-hydrogen) atoms. The van der Waals surface area contributed by atoms with Crippen LogP contribution in [0, 0.1) is 0 Å². The van der Waals surface area contributed by atoms with E-state index in [1.165, 1.54) is 6.07 Å². The summed E-state index contributed by atoms with van der Waals surface area (Å²) in [4.78, 5) is 6.51. The minimum atomic E-state index is -4.63. The number of halogens is 3. The monoisotopic (exact) mass is 291 g/mol. The summed E-state index contributed by atoms with van der Waals surface area (Å²) in [6.07, 6.45) is 0.273. The maximum atomic E-state index is 12.5.